The Kier molecular flexibility index (Phi) is 3.25. The number of nitrogens with zero attached hydrogens (tertiary/aromatic N) is 6. The predicted molar refractivity (Wildman–Crippen MR) is 90.0 cm³/mol. The van der Waals surface area contributed by atoms with Crippen LogP contribution in [0.15, 0.2) is 35.2 Å². The fraction of sp³-hybridized carbons (Fsp3) is 0.312. The van der Waals surface area contributed by atoms with Crippen LogP contribution in [0.4, 0.5) is 11.6 Å². The second-order valence-corrected chi connectivity index (χ2v) is 6.47. The van der Waals surface area contributed by atoms with E-state index in [2.05, 4.69) is 30.1 Å². The van der Waals surface area contributed by atoms with Gasteiger partial charge < -0.3 is 9.80 Å². The number of anilines is 2. The summed E-state index contributed by atoms with van der Waals surface area (Å²) in [4.78, 5) is 24.4. The molecule has 2 aliphatic heterocycles. The van der Waals surface area contributed by atoms with Crippen LogP contribution in [0.5, 0.6) is 0 Å². The van der Waals surface area contributed by atoms with Gasteiger partial charge in [-0.1, -0.05) is 6.07 Å². The number of amides is 1. The van der Waals surface area contributed by atoms with E-state index in [1.54, 1.807) is 5.48 Å². The number of hydroxylamine groups is 1. The largest absolute Gasteiger partial charge is 0.363 e. The number of hydrogen-bond donors (Lipinski definition) is 2. The number of benzene rings is 1. The van der Waals surface area contributed by atoms with Crippen molar-refractivity contribution in [2.24, 2.45) is 0 Å². The van der Waals surface area contributed by atoms with Gasteiger partial charge in [0.1, 0.15) is 5.52 Å². The van der Waals surface area contributed by atoms with Crippen molar-refractivity contribution < 1.29 is 14.6 Å². The number of piperazine rings is 1. The van der Waals surface area contributed by atoms with Gasteiger partial charge in [0.05, 0.1) is 17.3 Å². The molecule has 2 aromatic heterocycles. The van der Waals surface area contributed by atoms with Gasteiger partial charge in [0.15, 0.2) is 5.52 Å². The summed E-state index contributed by atoms with van der Waals surface area (Å²) in [5.41, 5.74) is 4.36. The average molecular weight is 353 g/mol. The van der Waals surface area contributed by atoms with Crippen molar-refractivity contribution >= 4 is 28.6 Å². The van der Waals surface area contributed by atoms with Crippen LogP contribution in [0.2, 0.25) is 0 Å². The Morgan fingerprint density at radius 3 is 2.65 bits per heavy atom. The van der Waals surface area contributed by atoms with Crippen LogP contribution in [0.25, 0.3) is 11.0 Å². The molecule has 10 nitrogen and oxygen atoms in total. The maximum absolute atomic E-state index is 11.4. The van der Waals surface area contributed by atoms with Crippen LogP contribution in [-0.2, 0) is 0 Å². The molecule has 0 radical (unpaired) electrons. The Bertz CT molecular complexity index is 973. The van der Waals surface area contributed by atoms with E-state index in [1.807, 2.05) is 18.2 Å². The van der Waals surface area contributed by atoms with Gasteiger partial charge in [-0.25, -0.2) is 20.1 Å². The quantitative estimate of drug-likeness (QED) is 0.515. The maximum atomic E-state index is 11.4. The van der Waals surface area contributed by atoms with Crippen molar-refractivity contribution in [3.63, 3.8) is 0 Å². The summed E-state index contributed by atoms with van der Waals surface area (Å²) < 4.78 is 4.87. The van der Waals surface area contributed by atoms with E-state index < -0.39 is 5.91 Å². The molecule has 3 aromatic rings. The number of aromatic nitrogens is 4. The van der Waals surface area contributed by atoms with E-state index in [0.717, 1.165) is 36.2 Å². The van der Waals surface area contributed by atoms with Gasteiger partial charge in [-0.3, -0.25) is 10.0 Å². The first-order chi connectivity index (χ1) is 12.7. The van der Waals surface area contributed by atoms with E-state index in [4.69, 9.17) is 9.84 Å². The van der Waals surface area contributed by atoms with Gasteiger partial charge in [0.25, 0.3) is 5.91 Å². The van der Waals surface area contributed by atoms with Gasteiger partial charge in [-0.15, -0.1) is 0 Å². The minimum atomic E-state index is -0.625. The molecule has 2 atom stereocenters. The van der Waals surface area contributed by atoms with Crippen molar-refractivity contribution in [3.8, 4) is 0 Å². The van der Waals surface area contributed by atoms with Gasteiger partial charge in [0, 0.05) is 31.5 Å². The second kappa shape index (κ2) is 5.63. The average Bonchev–Trinajstić information content (AvgIpc) is 3.42. The number of nitrogens with one attached hydrogen (secondary N) is 1. The SMILES string of the molecule is O=C(NO)c1cnc(N2C[C@@H]3C[C@H]2CN3c2cccc3nonc23)nc1. The first-order valence-electron chi connectivity index (χ1n) is 8.25. The first kappa shape index (κ1) is 15.0. The third-order valence-corrected chi connectivity index (χ3v) is 5.07. The predicted octanol–water partition coefficient (Wildman–Crippen LogP) is 0.599. The van der Waals surface area contributed by atoms with Crippen LogP contribution in [0.3, 0.4) is 0 Å². The third-order valence-electron chi connectivity index (χ3n) is 5.07. The summed E-state index contributed by atoms with van der Waals surface area (Å²) in [5.74, 6) is -0.0343. The molecule has 2 bridgehead atoms. The normalized spacial score (nSPS) is 21.6. The number of fused-ring (bicyclic) bond motifs is 3. The highest BCUT2D eigenvalue weighted by Gasteiger charge is 2.45. The molecular weight excluding hydrogens is 338 g/mol. The van der Waals surface area contributed by atoms with Gasteiger partial charge >= 0.3 is 0 Å². The van der Waals surface area contributed by atoms with E-state index in [-0.39, 0.29) is 11.6 Å². The molecule has 132 valence electrons. The molecule has 2 fully saturated rings. The van der Waals surface area contributed by atoms with E-state index >= 15 is 0 Å². The molecule has 10 heteroatoms. The highest BCUT2D eigenvalue weighted by atomic mass is 16.6. The van der Waals surface area contributed by atoms with Crippen LogP contribution in [0.1, 0.15) is 16.8 Å². The number of carbonyl (C=O) groups is 1. The standard InChI is InChI=1S/C16H15N7O3/c24-15(19-25)9-5-17-16(18-6-9)23-8-10-4-11(23)7-22(10)13-3-1-2-12-14(13)21-26-20-12/h1-3,5-6,10-11,25H,4,7-8H2,(H,19,24)/t10-,11-/m0/s1. The van der Waals surface area contributed by atoms with Crippen LogP contribution >= 0.6 is 0 Å². The minimum Gasteiger partial charge on any atom is -0.363 e. The maximum Gasteiger partial charge on any atom is 0.277 e. The Morgan fingerprint density at radius 1 is 1.15 bits per heavy atom. The molecule has 5 rings (SSSR count). The minimum absolute atomic E-state index is 0.215. The lowest BCUT2D eigenvalue weighted by atomic mass is 10.2. The molecule has 4 heterocycles. The number of hydrogen-bond acceptors (Lipinski definition) is 9. The zero-order valence-electron chi connectivity index (χ0n) is 13.6. The summed E-state index contributed by atoms with van der Waals surface area (Å²) in [7, 11) is 0. The molecular formula is C16H15N7O3. The molecule has 2 N–H and O–H groups in total. The monoisotopic (exact) mass is 353 g/mol. The second-order valence-electron chi connectivity index (χ2n) is 6.47. The highest BCUT2D eigenvalue weighted by Crippen LogP contribution is 2.38. The summed E-state index contributed by atoms with van der Waals surface area (Å²) in [5, 5.41) is 16.6. The molecule has 0 spiro atoms. The summed E-state index contributed by atoms with van der Waals surface area (Å²) in [6, 6.07) is 6.49. The Hall–Kier alpha value is -3.27. The topological polar surface area (TPSA) is 121 Å². The van der Waals surface area contributed by atoms with Crippen LogP contribution in [0, 0.1) is 0 Å². The lowest BCUT2D eigenvalue weighted by Crippen LogP contribution is -2.47. The zero-order valence-corrected chi connectivity index (χ0v) is 13.6. The molecule has 1 amide bonds. The molecule has 1 aromatic carbocycles. The molecule has 0 saturated carbocycles. The Morgan fingerprint density at radius 2 is 1.92 bits per heavy atom. The highest BCUT2D eigenvalue weighted by molar-refractivity contribution is 5.92. The Balaban J connectivity index is 1.37. The smallest absolute Gasteiger partial charge is 0.277 e. The molecule has 2 aliphatic rings. The van der Waals surface area contributed by atoms with Crippen molar-refractivity contribution in [1.82, 2.24) is 25.8 Å². The number of carbonyl (C=O) groups excluding carboxylic acids is 1. The van der Waals surface area contributed by atoms with Crippen molar-refractivity contribution in [3.05, 3.63) is 36.2 Å². The lowest BCUT2D eigenvalue weighted by molar-refractivity contribution is 0.0705. The first-order valence-corrected chi connectivity index (χ1v) is 8.25. The third kappa shape index (κ3) is 2.19. The Labute approximate surface area is 147 Å². The van der Waals surface area contributed by atoms with Crippen molar-refractivity contribution in [2.45, 2.75) is 18.5 Å². The van der Waals surface area contributed by atoms with Gasteiger partial charge in [-0.2, -0.15) is 0 Å². The molecule has 0 aliphatic carbocycles. The van der Waals surface area contributed by atoms with Crippen molar-refractivity contribution in [2.75, 3.05) is 22.9 Å². The fourth-order valence-electron chi connectivity index (χ4n) is 3.88. The summed E-state index contributed by atoms with van der Waals surface area (Å²) >= 11 is 0. The summed E-state index contributed by atoms with van der Waals surface area (Å²) in [6.07, 6.45) is 3.84. The van der Waals surface area contributed by atoms with Crippen LogP contribution < -0.4 is 15.3 Å². The van der Waals surface area contributed by atoms with Crippen molar-refractivity contribution in [1.29, 1.82) is 0 Å². The van der Waals surface area contributed by atoms with Gasteiger partial charge in [-0.05, 0) is 28.9 Å². The van der Waals surface area contributed by atoms with E-state index in [9.17, 15) is 4.79 Å². The van der Waals surface area contributed by atoms with Crippen LogP contribution in [-0.4, -0.2) is 56.6 Å². The lowest BCUT2D eigenvalue weighted by Gasteiger charge is -2.35. The molecule has 26 heavy (non-hydrogen) atoms. The van der Waals surface area contributed by atoms with E-state index in [1.165, 1.54) is 12.4 Å². The van der Waals surface area contributed by atoms with Gasteiger partial charge in [0.2, 0.25) is 5.95 Å². The fourth-order valence-corrected chi connectivity index (χ4v) is 3.88. The summed E-state index contributed by atoms with van der Waals surface area (Å²) in [6.45, 7) is 1.62. The zero-order chi connectivity index (χ0) is 17.7. The molecule has 2 saturated heterocycles. The van der Waals surface area contributed by atoms with E-state index in [0.29, 0.717) is 12.0 Å². The number of rotatable bonds is 3. The molecule has 0 unspecified atom stereocenters.